The third kappa shape index (κ3) is 2.76. The van der Waals surface area contributed by atoms with E-state index in [-0.39, 0.29) is 5.78 Å². The summed E-state index contributed by atoms with van der Waals surface area (Å²) in [5.41, 5.74) is 4.63. The molecule has 1 heterocycles. The molecule has 0 saturated heterocycles. The quantitative estimate of drug-likeness (QED) is 0.463. The average molecular weight is 325 g/mol. The van der Waals surface area contributed by atoms with Crippen molar-refractivity contribution in [2.24, 2.45) is 7.05 Å². The Labute approximate surface area is 147 Å². The molecule has 2 nitrogen and oxygen atoms in total. The van der Waals surface area contributed by atoms with Crippen LogP contribution in [-0.4, -0.2) is 10.4 Å². The first-order valence-electron chi connectivity index (χ1n) is 8.39. The van der Waals surface area contributed by atoms with Crippen molar-refractivity contribution in [3.05, 3.63) is 95.8 Å². The Bertz CT molecular complexity index is 1080. The lowest BCUT2D eigenvalue weighted by Crippen LogP contribution is -2.02. The number of fused-ring (bicyclic) bond motifs is 1. The number of carbonyl (C=O) groups is 1. The van der Waals surface area contributed by atoms with Crippen LogP contribution in [0.4, 0.5) is 0 Å². The largest absolute Gasteiger partial charge is 0.356 e. The summed E-state index contributed by atoms with van der Waals surface area (Å²) in [7, 11) is 1.96. The Kier molecular flexibility index (Phi) is 3.73. The standard InChI is InChI=1S/C23H19NO/c1-16-7-5-10-18(13-16)23(25)22-15-24(2)14-21(22)20-12-6-9-17-8-3-4-11-19(17)20/h3-15H,1-2H3. The molecule has 0 unspecified atom stereocenters. The minimum absolute atomic E-state index is 0.0623. The molecule has 0 aliphatic heterocycles. The van der Waals surface area contributed by atoms with Gasteiger partial charge in [0.1, 0.15) is 0 Å². The van der Waals surface area contributed by atoms with E-state index in [9.17, 15) is 4.79 Å². The van der Waals surface area contributed by atoms with Gasteiger partial charge in [0.15, 0.2) is 5.78 Å². The highest BCUT2D eigenvalue weighted by molar-refractivity contribution is 6.14. The second kappa shape index (κ2) is 6.06. The molecule has 2 heteroatoms. The zero-order chi connectivity index (χ0) is 17.4. The number of benzene rings is 3. The van der Waals surface area contributed by atoms with Gasteiger partial charge in [-0.05, 0) is 29.3 Å². The molecule has 0 N–H and O–H groups in total. The fraction of sp³-hybridized carbons (Fsp3) is 0.0870. The van der Waals surface area contributed by atoms with Crippen molar-refractivity contribution in [1.29, 1.82) is 0 Å². The molecule has 4 rings (SSSR count). The van der Waals surface area contributed by atoms with Gasteiger partial charge in [-0.25, -0.2) is 0 Å². The number of aromatic nitrogens is 1. The van der Waals surface area contributed by atoms with Gasteiger partial charge >= 0.3 is 0 Å². The first-order chi connectivity index (χ1) is 12.1. The molecule has 0 bridgehead atoms. The lowest BCUT2D eigenvalue weighted by molar-refractivity contribution is 0.103. The van der Waals surface area contributed by atoms with Gasteiger partial charge in [-0.15, -0.1) is 0 Å². The highest BCUT2D eigenvalue weighted by atomic mass is 16.1. The number of aryl methyl sites for hydroxylation is 2. The molecule has 4 aromatic rings. The molecule has 3 aromatic carbocycles. The second-order valence-corrected chi connectivity index (χ2v) is 6.48. The summed E-state index contributed by atoms with van der Waals surface area (Å²) in [5, 5.41) is 2.34. The number of rotatable bonds is 3. The molecule has 0 spiro atoms. The van der Waals surface area contributed by atoms with Gasteiger partial charge in [0.25, 0.3) is 0 Å². The van der Waals surface area contributed by atoms with Crippen LogP contribution in [-0.2, 0) is 7.05 Å². The van der Waals surface area contributed by atoms with Crippen molar-refractivity contribution in [3.8, 4) is 11.1 Å². The summed E-state index contributed by atoms with van der Waals surface area (Å²) in [6.07, 6.45) is 3.95. The molecular formula is C23H19NO. The van der Waals surface area contributed by atoms with Crippen molar-refractivity contribution in [2.45, 2.75) is 6.92 Å². The van der Waals surface area contributed by atoms with Gasteiger partial charge in [0.05, 0.1) is 0 Å². The summed E-state index contributed by atoms with van der Waals surface area (Å²) < 4.78 is 1.96. The number of hydrogen-bond donors (Lipinski definition) is 0. The summed E-state index contributed by atoms with van der Waals surface area (Å²) in [6.45, 7) is 2.01. The molecule has 0 saturated carbocycles. The summed E-state index contributed by atoms with van der Waals surface area (Å²) in [4.78, 5) is 13.1. The van der Waals surface area contributed by atoms with E-state index in [0.717, 1.165) is 33.2 Å². The maximum atomic E-state index is 13.1. The Morgan fingerprint density at radius 1 is 0.840 bits per heavy atom. The van der Waals surface area contributed by atoms with Gasteiger partial charge in [-0.1, -0.05) is 66.2 Å². The Morgan fingerprint density at radius 3 is 2.44 bits per heavy atom. The lowest BCUT2D eigenvalue weighted by Gasteiger charge is -2.08. The van der Waals surface area contributed by atoms with Crippen LogP contribution in [0.3, 0.4) is 0 Å². The molecule has 0 aliphatic rings. The third-order valence-electron chi connectivity index (χ3n) is 4.56. The number of ketones is 1. The smallest absolute Gasteiger partial charge is 0.195 e. The third-order valence-corrected chi connectivity index (χ3v) is 4.56. The van der Waals surface area contributed by atoms with Crippen LogP contribution in [0.25, 0.3) is 21.9 Å². The highest BCUT2D eigenvalue weighted by Crippen LogP contribution is 2.32. The number of nitrogens with zero attached hydrogens (tertiary/aromatic N) is 1. The van der Waals surface area contributed by atoms with E-state index in [1.807, 2.05) is 73.4 Å². The Balaban J connectivity index is 1.91. The zero-order valence-electron chi connectivity index (χ0n) is 14.4. The van der Waals surface area contributed by atoms with Crippen LogP contribution < -0.4 is 0 Å². The van der Waals surface area contributed by atoms with Crippen LogP contribution >= 0.6 is 0 Å². The highest BCUT2D eigenvalue weighted by Gasteiger charge is 2.18. The molecule has 0 amide bonds. The van der Waals surface area contributed by atoms with E-state index in [2.05, 4.69) is 24.3 Å². The van der Waals surface area contributed by atoms with E-state index in [1.54, 1.807) is 0 Å². The van der Waals surface area contributed by atoms with Gasteiger partial charge in [-0.3, -0.25) is 4.79 Å². The van der Waals surface area contributed by atoms with Crippen LogP contribution in [0.15, 0.2) is 79.1 Å². The summed E-state index contributed by atoms with van der Waals surface area (Å²) in [6, 6.07) is 22.3. The van der Waals surface area contributed by atoms with Crippen LogP contribution in [0.2, 0.25) is 0 Å². The topological polar surface area (TPSA) is 22.0 Å². The van der Waals surface area contributed by atoms with Crippen molar-refractivity contribution >= 4 is 16.6 Å². The molecule has 0 fully saturated rings. The fourth-order valence-electron chi connectivity index (χ4n) is 3.38. The first kappa shape index (κ1) is 15.4. The lowest BCUT2D eigenvalue weighted by atomic mass is 9.94. The summed E-state index contributed by atoms with van der Waals surface area (Å²) in [5.74, 6) is 0.0623. The normalized spacial score (nSPS) is 11.0. The predicted octanol–water partition coefficient (Wildman–Crippen LogP) is 5.38. The van der Waals surface area contributed by atoms with Crippen LogP contribution in [0, 0.1) is 6.92 Å². The molecule has 0 radical (unpaired) electrons. The SMILES string of the molecule is Cc1cccc(C(=O)c2cn(C)cc2-c2cccc3ccccc23)c1. The van der Waals surface area contributed by atoms with Crippen molar-refractivity contribution in [3.63, 3.8) is 0 Å². The van der Waals surface area contributed by atoms with Crippen molar-refractivity contribution < 1.29 is 4.79 Å². The first-order valence-corrected chi connectivity index (χ1v) is 8.39. The van der Waals surface area contributed by atoms with Crippen molar-refractivity contribution in [2.75, 3.05) is 0 Å². The minimum Gasteiger partial charge on any atom is -0.356 e. The number of carbonyl (C=O) groups excluding carboxylic acids is 1. The van der Waals surface area contributed by atoms with Gasteiger partial charge in [0, 0.05) is 36.1 Å². The van der Waals surface area contributed by atoms with Gasteiger partial charge in [-0.2, -0.15) is 0 Å². The van der Waals surface area contributed by atoms with Crippen LogP contribution in [0.5, 0.6) is 0 Å². The molecule has 0 aliphatic carbocycles. The second-order valence-electron chi connectivity index (χ2n) is 6.48. The monoisotopic (exact) mass is 325 g/mol. The average Bonchev–Trinajstić information content (AvgIpc) is 3.02. The van der Waals surface area contributed by atoms with E-state index in [4.69, 9.17) is 0 Å². The minimum atomic E-state index is 0.0623. The van der Waals surface area contributed by atoms with Crippen molar-refractivity contribution in [1.82, 2.24) is 4.57 Å². The predicted molar refractivity (Wildman–Crippen MR) is 103 cm³/mol. The van der Waals surface area contributed by atoms with E-state index in [0.29, 0.717) is 0 Å². The Morgan fingerprint density at radius 2 is 1.60 bits per heavy atom. The maximum Gasteiger partial charge on any atom is 0.195 e. The molecule has 25 heavy (non-hydrogen) atoms. The van der Waals surface area contributed by atoms with Crippen LogP contribution in [0.1, 0.15) is 21.5 Å². The zero-order valence-corrected chi connectivity index (χ0v) is 14.4. The fourth-order valence-corrected chi connectivity index (χ4v) is 3.38. The van der Waals surface area contributed by atoms with Gasteiger partial charge in [0.2, 0.25) is 0 Å². The van der Waals surface area contributed by atoms with E-state index >= 15 is 0 Å². The molecule has 0 atom stereocenters. The summed E-state index contributed by atoms with van der Waals surface area (Å²) >= 11 is 0. The molecule has 1 aromatic heterocycles. The molecular weight excluding hydrogens is 306 g/mol. The van der Waals surface area contributed by atoms with E-state index in [1.165, 1.54) is 5.39 Å². The molecule has 122 valence electrons. The van der Waals surface area contributed by atoms with E-state index < -0.39 is 0 Å². The Hall–Kier alpha value is -3.13. The number of hydrogen-bond acceptors (Lipinski definition) is 1. The van der Waals surface area contributed by atoms with Gasteiger partial charge < -0.3 is 4.57 Å². The maximum absolute atomic E-state index is 13.1.